The second kappa shape index (κ2) is 9.18. The molecule has 3 heterocycles. The molecule has 150 valence electrons. The third-order valence-corrected chi connectivity index (χ3v) is 4.88. The molecule has 0 spiro atoms. The zero-order chi connectivity index (χ0) is 18.1. The Hall–Kier alpha value is -2.42. The fourth-order valence-electron chi connectivity index (χ4n) is 3.51. The van der Waals surface area contributed by atoms with E-state index in [2.05, 4.69) is 32.1 Å². The zero-order valence-electron chi connectivity index (χ0n) is 15.4. The maximum absolute atomic E-state index is 12.8. The molecule has 3 aromatic rings. The number of nitrogens with one attached hydrogen (secondary N) is 1. The van der Waals surface area contributed by atoms with E-state index in [0.717, 1.165) is 5.52 Å². The summed E-state index contributed by atoms with van der Waals surface area (Å²) in [4.78, 5) is 32.0. The van der Waals surface area contributed by atoms with Gasteiger partial charge in [-0.2, -0.15) is 0 Å². The normalized spacial score (nSPS) is 18.4. The zero-order valence-corrected chi connectivity index (χ0v) is 17.0. The summed E-state index contributed by atoms with van der Waals surface area (Å²) in [6.07, 6.45) is 3.03. The molecule has 0 unspecified atom stereocenters. The number of halogens is 2. The molecule has 0 bridgehead atoms. The quantitative estimate of drug-likeness (QED) is 0.659. The standard InChI is InChI=1S/C18H21N7O.2ClH/c1-24(18-16-17(21-10-20-16)22-11-23-18)9-15(26)25-7-13(14(19)8-25)12-5-3-2-4-6-12;;/h2-6,10-11,13-14H,7-9,19H2,1H3,(H,20,21,22,23);2*1H/t13-,14+;;/m0../s1. The van der Waals surface area contributed by atoms with Gasteiger partial charge in [-0.3, -0.25) is 4.79 Å². The highest BCUT2D eigenvalue weighted by Crippen LogP contribution is 2.27. The van der Waals surface area contributed by atoms with Crippen LogP contribution in [0.5, 0.6) is 0 Å². The molecule has 1 fully saturated rings. The Kier molecular flexibility index (Phi) is 7.17. The fraction of sp³-hybridized carbons (Fsp3) is 0.333. The van der Waals surface area contributed by atoms with Gasteiger partial charge in [0.05, 0.1) is 12.9 Å². The first-order valence-electron chi connectivity index (χ1n) is 8.57. The number of aromatic nitrogens is 4. The Bertz CT molecular complexity index is 920. The van der Waals surface area contributed by atoms with Crippen molar-refractivity contribution in [3.8, 4) is 0 Å². The lowest BCUT2D eigenvalue weighted by Gasteiger charge is -2.22. The molecular weight excluding hydrogens is 401 g/mol. The topological polar surface area (TPSA) is 104 Å². The minimum Gasteiger partial charge on any atom is -0.348 e. The van der Waals surface area contributed by atoms with Crippen LogP contribution in [0, 0.1) is 0 Å². The molecule has 0 radical (unpaired) electrons. The molecule has 4 rings (SSSR count). The number of aromatic amines is 1. The first kappa shape index (κ1) is 21.9. The average molecular weight is 424 g/mol. The summed E-state index contributed by atoms with van der Waals surface area (Å²) in [6, 6.07) is 10.1. The number of hydrogen-bond donors (Lipinski definition) is 2. The summed E-state index contributed by atoms with van der Waals surface area (Å²) < 4.78 is 0. The van der Waals surface area contributed by atoms with E-state index in [1.807, 2.05) is 35.0 Å². The van der Waals surface area contributed by atoms with Gasteiger partial charge in [0.2, 0.25) is 5.91 Å². The Morgan fingerprint density at radius 1 is 1.21 bits per heavy atom. The van der Waals surface area contributed by atoms with Gasteiger partial charge in [-0.25, -0.2) is 15.0 Å². The number of carbonyl (C=O) groups excluding carboxylic acids is 1. The van der Waals surface area contributed by atoms with Gasteiger partial charge in [0, 0.05) is 32.1 Å². The molecule has 0 aliphatic carbocycles. The Labute approximate surface area is 175 Å². The van der Waals surface area contributed by atoms with E-state index < -0.39 is 0 Å². The van der Waals surface area contributed by atoms with Gasteiger partial charge in [0.25, 0.3) is 0 Å². The molecule has 2 atom stereocenters. The molecule has 8 nitrogen and oxygen atoms in total. The van der Waals surface area contributed by atoms with Gasteiger partial charge in [-0.1, -0.05) is 30.3 Å². The number of fused-ring (bicyclic) bond motifs is 1. The average Bonchev–Trinajstić information content (AvgIpc) is 3.28. The maximum atomic E-state index is 12.8. The van der Waals surface area contributed by atoms with Crippen LogP contribution in [0.2, 0.25) is 0 Å². The summed E-state index contributed by atoms with van der Waals surface area (Å²) in [6.45, 7) is 1.43. The largest absolute Gasteiger partial charge is 0.348 e. The lowest BCUT2D eigenvalue weighted by atomic mass is 9.95. The van der Waals surface area contributed by atoms with Crippen molar-refractivity contribution in [3.63, 3.8) is 0 Å². The molecule has 3 N–H and O–H groups in total. The maximum Gasteiger partial charge on any atom is 0.242 e. The monoisotopic (exact) mass is 423 g/mol. The summed E-state index contributed by atoms with van der Waals surface area (Å²) in [5.41, 5.74) is 8.79. The summed E-state index contributed by atoms with van der Waals surface area (Å²) in [7, 11) is 1.84. The number of rotatable bonds is 4. The van der Waals surface area contributed by atoms with Gasteiger partial charge < -0.3 is 20.5 Å². The number of likely N-dealkylation sites (N-methyl/N-ethyl adjacent to an activating group) is 1. The molecule has 0 saturated carbocycles. The van der Waals surface area contributed by atoms with Crippen molar-refractivity contribution < 1.29 is 4.79 Å². The molecule has 1 aromatic carbocycles. The molecule has 10 heteroatoms. The predicted molar refractivity (Wildman–Crippen MR) is 113 cm³/mol. The number of nitrogens with two attached hydrogens (primary N) is 1. The lowest BCUT2D eigenvalue weighted by Crippen LogP contribution is -2.39. The van der Waals surface area contributed by atoms with E-state index >= 15 is 0 Å². The van der Waals surface area contributed by atoms with E-state index in [-0.39, 0.29) is 49.2 Å². The first-order chi connectivity index (χ1) is 12.6. The van der Waals surface area contributed by atoms with Gasteiger partial charge in [0.1, 0.15) is 11.8 Å². The van der Waals surface area contributed by atoms with Gasteiger partial charge in [0.15, 0.2) is 11.5 Å². The Balaban J connectivity index is 0.00000140. The molecule has 1 aliphatic heterocycles. The number of hydrogen-bond acceptors (Lipinski definition) is 6. The van der Waals surface area contributed by atoms with Crippen LogP contribution in [-0.4, -0.2) is 63.5 Å². The highest BCUT2D eigenvalue weighted by molar-refractivity contribution is 5.87. The van der Waals surface area contributed by atoms with Crippen LogP contribution < -0.4 is 10.6 Å². The van der Waals surface area contributed by atoms with Crippen LogP contribution in [0.4, 0.5) is 5.82 Å². The minimum atomic E-state index is -0.0509. The van der Waals surface area contributed by atoms with Crippen LogP contribution in [-0.2, 0) is 4.79 Å². The number of anilines is 1. The fourth-order valence-corrected chi connectivity index (χ4v) is 3.51. The van der Waals surface area contributed by atoms with Gasteiger partial charge in [-0.05, 0) is 5.56 Å². The number of imidazole rings is 1. The van der Waals surface area contributed by atoms with E-state index in [1.165, 1.54) is 11.9 Å². The van der Waals surface area contributed by atoms with Crippen molar-refractivity contribution >= 4 is 47.7 Å². The van der Waals surface area contributed by atoms with Crippen LogP contribution >= 0.6 is 24.8 Å². The predicted octanol–water partition coefficient (Wildman–Crippen LogP) is 1.59. The van der Waals surface area contributed by atoms with Crippen LogP contribution in [0.25, 0.3) is 11.2 Å². The SMILES string of the molecule is CN(CC(=O)N1C[C@@H](N)[C@H](c2ccccc2)C1)c1ncnc2nc[nH]c12.Cl.Cl. The number of H-pyrrole nitrogens is 1. The first-order valence-corrected chi connectivity index (χ1v) is 8.57. The van der Waals surface area contributed by atoms with E-state index in [0.29, 0.717) is 24.6 Å². The number of carbonyl (C=O) groups is 1. The minimum absolute atomic E-state index is 0. The molecule has 1 saturated heterocycles. The summed E-state index contributed by atoms with van der Waals surface area (Å²) in [5.74, 6) is 0.862. The Morgan fingerprint density at radius 2 is 1.96 bits per heavy atom. The lowest BCUT2D eigenvalue weighted by molar-refractivity contribution is -0.128. The van der Waals surface area contributed by atoms with Crippen molar-refractivity contribution in [2.75, 3.05) is 31.6 Å². The molecule has 1 aliphatic rings. The number of benzene rings is 1. The van der Waals surface area contributed by atoms with E-state index in [9.17, 15) is 4.79 Å². The second-order valence-electron chi connectivity index (χ2n) is 6.63. The third-order valence-electron chi connectivity index (χ3n) is 4.88. The van der Waals surface area contributed by atoms with E-state index in [4.69, 9.17) is 5.73 Å². The third kappa shape index (κ3) is 4.19. The van der Waals surface area contributed by atoms with Crippen LogP contribution in [0.1, 0.15) is 11.5 Å². The van der Waals surface area contributed by atoms with Gasteiger partial charge in [-0.15, -0.1) is 24.8 Å². The van der Waals surface area contributed by atoms with Gasteiger partial charge >= 0.3 is 0 Å². The summed E-state index contributed by atoms with van der Waals surface area (Å²) >= 11 is 0. The molecule has 1 amide bonds. The van der Waals surface area contributed by atoms with Crippen molar-refractivity contribution in [1.29, 1.82) is 0 Å². The Morgan fingerprint density at radius 3 is 2.71 bits per heavy atom. The van der Waals surface area contributed by atoms with Crippen LogP contribution in [0.3, 0.4) is 0 Å². The second-order valence-corrected chi connectivity index (χ2v) is 6.63. The van der Waals surface area contributed by atoms with Crippen molar-refractivity contribution in [2.45, 2.75) is 12.0 Å². The van der Waals surface area contributed by atoms with Crippen LogP contribution in [0.15, 0.2) is 43.0 Å². The van der Waals surface area contributed by atoms with E-state index in [1.54, 1.807) is 6.33 Å². The molecule has 28 heavy (non-hydrogen) atoms. The molecule has 2 aromatic heterocycles. The highest BCUT2D eigenvalue weighted by atomic mass is 35.5. The number of likely N-dealkylation sites (tertiary alicyclic amines) is 1. The summed E-state index contributed by atoms with van der Waals surface area (Å²) in [5, 5.41) is 0. The van der Waals surface area contributed by atoms with Crippen molar-refractivity contribution in [1.82, 2.24) is 24.8 Å². The molecular formula is C18H23Cl2N7O. The van der Waals surface area contributed by atoms with Crippen molar-refractivity contribution in [3.05, 3.63) is 48.5 Å². The smallest absolute Gasteiger partial charge is 0.242 e. The highest BCUT2D eigenvalue weighted by Gasteiger charge is 2.34. The van der Waals surface area contributed by atoms with Crippen molar-refractivity contribution in [2.24, 2.45) is 5.73 Å². The number of amides is 1. The number of nitrogens with zero attached hydrogens (tertiary/aromatic N) is 5.